The lowest BCUT2D eigenvalue weighted by molar-refractivity contribution is 0.719. The standard InChI is InChI=1S/C16H15BrIN/c17-13-5-3-12(4-6-13)16-2-1-11-19(16)15-9-7-14(18)8-10-15/h3-10,16H,1-2,11H2. The quantitative estimate of drug-likeness (QED) is 0.580. The normalized spacial score (nSPS) is 18.8. The molecule has 0 spiro atoms. The first-order valence-electron chi connectivity index (χ1n) is 6.52. The molecule has 1 aliphatic rings. The minimum Gasteiger partial charge on any atom is -0.364 e. The van der Waals surface area contributed by atoms with Crippen LogP contribution in [0.4, 0.5) is 5.69 Å². The van der Waals surface area contributed by atoms with Crippen molar-refractivity contribution in [1.82, 2.24) is 0 Å². The highest BCUT2D eigenvalue weighted by atomic mass is 127. The zero-order valence-electron chi connectivity index (χ0n) is 10.5. The third-order valence-corrected chi connectivity index (χ3v) is 4.91. The molecule has 3 heteroatoms. The smallest absolute Gasteiger partial charge is 0.0543 e. The average molecular weight is 428 g/mol. The lowest BCUT2D eigenvalue weighted by Gasteiger charge is -2.27. The van der Waals surface area contributed by atoms with Gasteiger partial charge >= 0.3 is 0 Å². The van der Waals surface area contributed by atoms with Crippen LogP contribution in [-0.2, 0) is 0 Å². The van der Waals surface area contributed by atoms with E-state index in [0.717, 1.165) is 11.0 Å². The Morgan fingerprint density at radius 2 is 1.68 bits per heavy atom. The van der Waals surface area contributed by atoms with Gasteiger partial charge in [-0.3, -0.25) is 0 Å². The van der Waals surface area contributed by atoms with Crippen molar-refractivity contribution in [2.45, 2.75) is 18.9 Å². The molecule has 19 heavy (non-hydrogen) atoms. The molecular formula is C16H15BrIN. The first-order chi connectivity index (χ1) is 9.24. The summed E-state index contributed by atoms with van der Waals surface area (Å²) < 4.78 is 2.44. The van der Waals surface area contributed by atoms with Gasteiger partial charge in [0.15, 0.2) is 0 Å². The minimum atomic E-state index is 0.521. The van der Waals surface area contributed by atoms with E-state index in [1.165, 1.54) is 27.7 Å². The summed E-state index contributed by atoms with van der Waals surface area (Å²) in [6.07, 6.45) is 2.51. The maximum Gasteiger partial charge on any atom is 0.0543 e. The lowest BCUT2D eigenvalue weighted by atomic mass is 10.0. The van der Waals surface area contributed by atoms with Crippen LogP contribution in [0.2, 0.25) is 0 Å². The topological polar surface area (TPSA) is 3.24 Å². The third-order valence-electron chi connectivity index (χ3n) is 3.67. The van der Waals surface area contributed by atoms with Crippen LogP contribution in [0.1, 0.15) is 24.4 Å². The van der Waals surface area contributed by atoms with Crippen molar-refractivity contribution < 1.29 is 0 Å². The number of halogens is 2. The van der Waals surface area contributed by atoms with Crippen molar-refractivity contribution >= 4 is 44.2 Å². The molecule has 1 unspecified atom stereocenters. The molecule has 1 saturated heterocycles. The molecule has 2 aromatic rings. The Labute approximate surface area is 136 Å². The van der Waals surface area contributed by atoms with Crippen molar-refractivity contribution in [1.29, 1.82) is 0 Å². The predicted molar refractivity (Wildman–Crippen MR) is 92.6 cm³/mol. The maximum absolute atomic E-state index is 3.51. The summed E-state index contributed by atoms with van der Waals surface area (Å²) in [5, 5.41) is 0. The van der Waals surface area contributed by atoms with Crippen LogP contribution in [0.3, 0.4) is 0 Å². The van der Waals surface area contributed by atoms with Crippen LogP contribution in [-0.4, -0.2) is 6.54 Å². The minimum absolute atomic E-state index is 0.521. The second kappa shape index (κ2) is 5.83. The number of hydrogen-bond donors (Lipinski definition) is 0. The second-order valence-electron chi connectivity index (χ2n) is 4.88. The summed E-state index contributed by atoms with van der Waals surface area (Å²) in [6, 6.07) is 18.1. The number of rotatable bonds is 2. The molecule has 1 heterocycles. The van der Waals surface area contributed by atoms with Crippen LogP contribution in [0.15, 0.2) is 53.0 Å². The molecule has 1 aliphatic heterocycles. The Kier molecular flexibility index (Phi) is 4.12. The highest BCUT2D eigenvalue weighted by Crippen LogP contribution is 2.36. The average Bonchev–Trinajstić information content (AvgIpc) is 2.90. The Hall–Kier alpha value is -0.550. The zero-order valence-corrected chi connectivity index (χ0v) is 14.3. The van der Waals surface area contributed by atoms with Gasteiger partial charge in [-0.1, -0.05) is 28.1 Å². The van der Waals surface area contributed by atoms with Crippen LogP contribution >= 0.6 is 38.5 Å². The van der Waals surface area contributed by atoms with E-state index in [1.54, 1.807) is 0 Å². The lowest BCUT2D eigenvalue weighted by Crippen LogP contribution is -2.22. The van der Waals surface area contributed by atoms with E-state index >= 15 is 0 Å². The first-order valence-corrected chi connectivity index (χ1v) is 8.39. The van der Waals surface area contributed by atoms with E-state index in [2.05, 4.69) is 92.0 Å². The summed E-state index contributed by atoms with van der Waals surface area (Å²) in [6.45, 7) is 1.15. The molecule has 0 radical (unpaired) electrons. The maximum atomic E-state index is 3.51. The van der Waals surface area contributed by atoms with E-state index in [9.17, 15) is 0 Å². The van der Waals surface area contributed by atoms with Crippen molar-refractivity contribution in [3.63, 3.8) is 0 Å². The van der Waals surface area contributed by atoms with Crippen molar-refractivity contribution in [3.8, 4) is 0 Å². The van der Waals surface area contributed by atoms with Gasteiger partial charge in [-0.05, 0) is 77.4 Å². The number of nitrogens with zero attached hydrogens (tertiary/aromatic N) is 1. The Morgan fingerprint density at radius 1 is 1.00 bits per heavy atom. The fourth-order valence-corrected chi connectivity index (χ4v) is 3.36. The molecule has 0 saturated carbocycles. The van der Waals surface area contributed by atoms with Gasteiger partial charge in [-0.2, -0.15) is 0 Å². The molecule has 1 fully saturated rings. The molecule has 0 N–H and O–H groups in total. The van der Waals surface area contributed by atoms with Gasteiger partial charge < -0.3 is 4.90 Å². The number of benzene rings is 2. The summed E-state index contributed by atoms with van der Waals surface area (Å²) in [5.41, 5.74) is 2.75. The SMILES string of the molecule is Brc1ccc(C2CCCN2c2ccc(I)cc2)cc1. The number of hydrogen-bond acceptors (Lipinski definition) is 1. The Balaban J connectivity index is 1.89. The second-order valence-corrected chi connectivity index (χ2v) is 7.04. The van der Waals surface area contributed by atoms with Gasteiger partial charge in [-0.25, -0.2) is 0 Å². The van der Waals surface area contributed by atoms with E-state index in [0.29, 0.717) is 6.04 Å². The van der Waals surface area contributed by atoms with Gasteiger partial charge in [-0.15, -0.1) is 0 Å². The Morgan fingerprint density at radius 3 is 2.37 bits per heavy atom. The van der Waals surface area contributed by atoms with E-state index < -0.39 is 0 Å². The summed E-state index contributed by atoms with van der Waals surface area (Å²) >= 11 is 5.86. The molecule has 0 bridgehead atoms. The van der Waals surface area contributed by atoms with Crippen LogP contribution < -0.4 is 4.90 Å². The largest absolute Gasteiger partial charge is 0.364 e. The highest BCUT2D eigenvalue weighted by molar-refractivity contribution is 14.1. The molecule has 0 aromatic heterocycles. The van der Waals surface area contributed by atoms with Gasteiger partial charge in [0.2, 0.25) is 0 Å². The third kappa shape index (κ3) is 2.97. The summed E-state index contributed by atoms with van der Waals surface area (Å²) in [4.78, 5) is 2.53. The van der Waals surface area contributed by atoms with E-state index in [-0.39, 0.29) is 0 Å². The Bertz CT molecular complexity index is 498. The molecule has 2 aromatic carbocycles. The van der Waals surface area contributed by atoms with Crippen molar-refractivity contribution in [2.75, 3.05) is 11.4 Å². The molecule has 1 nitrogen and oxygen atoms in total. The van der Waals surface area contributed by atoms with E-state index in [1.807, 2.05) is 0 Å². The highest BCUT2D eigenvalue weighted by Gasteiger charge is 2.25. The molecule has 3 rings (SSSR count). The van der Waals surface area contributed by atoms with Crippen LogP contribution in [0, 0.1) is 3.57 Å². The van der Waals surface area contributed by atoms with E-state index in [4.69, 9.17) is 0 Å². The van der Waals surface area contributed by atoms with Crippen LogP contribution in [0.5, 0.6) is 0 Å². The summed E-state index contributed by atoms with van der Waals surface area (Å²) in [7, 11) is 0. The molecule has 0 aliphatic carbocycles. The molecular weight excluding hydrogens is 413 g/mol. The van der Waals surface area contributed by atoms with Gasteiger partial charge in [0.1, 0.15) is 0 Å². The predicted octanol–water partition coefficient (Wildman–Crippen LogP) is 5.40. The van der Waals surface area contributed by atoms with Crippen molar-refractivity contribution in [2.24, 2.45) is 0 Å². The molecule has 1 atom stereocenters. The first kappa shape index (κ1) is 13.4. The number of anilines is 1. The molecule has 98 valence electrons. The van der Waals surface area contributed by atoms with Gasteiger partial charge in [0, 0.05) is 20.3 Å². The monoisotopic (exact) mass is 427 g/mol. The summed E-state index contributed by atoms with van der Waals surface area (Å²) in [5.74, 6) is 0. The van der Waals surface area contributed by atoms with Gasteiger partial charge in [0.05, 0.1) is 6.04 Å². The zero-order chi connectivity index (χ0) is 13.2. The molecule has 0 amide bonds. The fourth-order valence-electron chi connectivity index (χ4n) is 2.74. The van der Waals surface area contributed by atoms with Crippen molar-refractivity contribution in [3.05, 3.63) is 62.1 Å². The fraction of sp³-hybridized carbons (Fsp3) is 0.250. The van der Waals surface area contributed by atoms with Crippen LogP contribution in [0.25, 0.3) is 0 Å². The van der Waals surface area contributed by atoms with Gasteiger partial charge in [0.25, 0.3) is 0 Å².